The summed E-state index contributed by atoms with van der Waals surface area (Å²) in [6.07, 6.45) is 7.82. The van der Waals surface area contributed by atoms with Gasteiger partial charge in [0.1, 0.15) is 0 Å². The summed E-state index contributed by atoms with van der Waals surface area (Å²) in [5, 5.41) is 0. The second-order valence-corrected chi connectivity index (χ2v) is 8.45. The molecule has 23 heavy (non-hydrogen) atoms. The fraction of sp³-hybridized carbons (Fsp3) is 0.706. The Bertz CT molecular complexity index is 557. The second-order valence-electron chi connectivity index (χ2n) is 7.07. The number of ether oxygens (including phenoxy) is 1. The first-order valence-electron chi connectivity index (χ1n) is 8.38. The lowest BCUT2D eigenvalue weighted by atomic mass is 9.89. The van der Waals surface area contributed by atoms with Crippen LogP contribution in [0, 0.1) is 11.8 Å². The molecule has 0 radical (unpaired) electrons. The maximum atomic E-state index is 11.3. The van der Waals surface area contributed by atoms with Crippen LogP contribution in [0.15, 0.2) is 23.2 Å². The normalized spacial score (nSPS) is 30.1. The predicted molar refractivity (Wildman–Crippen MR) is 91.9 cm³/mol. The Morgan fingerprint density at radius 2 is 2.17 bits per heavy atom. The van der Waals surface area contributed by atoms with Gasteiger partial charge < -0.3 is 15.4 Å². The van der Waals surface area contributed by atoms with Crippen LogP contribution in [0.2, 0.25) is 0 Å². The lowest BCUT2D eigenvalue weighted by molar-refractivity contribution is 0.191. The third-order valence-corrected chi connectivity index (χ3v) is 6.27. The molecule has 128 valence electrons. The zero-order valence-electron chi connectivity index (χ0n) is 14.0. The van der Waals surface area contributed by atoms with Crippen molar-refractivity contribution in [1.82, 2.24) is 9.88 Å². The van der Waals surface area contributed by atoms with Crippen molar-refractivity contribution in [3.05, 3.63) is 18.3 Å². The van der Waals surface area contributed by atoms with Crippen LogP contribution in [0.3, 0.4) is 0 Å². The van der Waals surface area contributed by atoms with Gasteiger partial charge in [0.25, 0.3) is 0 Å². The summed E-state index contributed by atoms with van der Waals surface area (Å²) in [5.74, 6) is 2.03. The highest BCUT2D eigenvalue weighted by atomic mass is 32.2. The first-order chi connectivity index (χ1) is 11.0. The van der Waals surface area contributed by atoms with Gasteiger partial charge in [-0.05, 0) is 63.7 Å². The van der Waals surface area contributed by atoms with Crippen LogP contribution in [0.25, 0.3) is 0 Å². The van der Waals surface area contributed by atoms with Gasteiger partial charge >= 0.3 is 0 Å². The molecule has 1 aliphatic carbocycles. The van der Waals surface area contributed by atoms with Gasteiger partial charge in [-0.1, -0.05) is 0 Å². The van der Waals surface area contributed by atoms with Gasteiger partial charge in [0.2, 0.25) is 5.88 Å². The average molecular weight is 337 g/mol. The third-order valence-electron chi connectivity index (χ3n) is 5.37. The summed E-state index contributed by atoms with van der Waals surface area (Å²) in [6.45, 7) is 2.99. The van der Waals surface area contributed by atoms with E-state index in [9.17, 15) is 4.21 Å². The van der Waals surface area contributed by atoms with E-state index in [2.05, 4.69) is 16.9 Å². The fourth-order valence-corrected chi connectivity index (χ4v) is 4.13. The summed E-state index contributed by atoms with van der Waals surface area (Å²) in [5.41, 5.74) is 6.49. The van der Waals surface area contributed by atoms with Crippen molar-refractivity contribution in [2.45, 2.75) is 36.1 Å². The van der Waals surface area contributed by atoms with E-state index in [0.717, 1.165) is 23.7 Å². The predicted octanol–water partition coefficient (Wildman–Crippen LogP) is 1.65. The van der Waals surface area contributed by atoms with E-state index in [1.807, 2.05) is 0 Å². The summed E-state index contributed by atoms with van der Waals surface area (Å²) in [7, 11) is 1.19. The van der Waals surface area contributed by atoms with E-state index < -0.39 is 10.8 Å². The molecule has 0 amide bonds. The van der Waals surface area contributed by atoms with E-state index in [1.165, 1.54) is 25.9 Å². The molecule has 1 saturated carbocycles. The Morgan fingerprint density at radius 3 is 2.78 bits per heavy atom. The monoisotopic (exact) mass is 337 g/mol. The van der Waals surface area contributed by atoms with Gasteiger partial charge in [0.05, 0.1) is 22.3 Å². The maximum Gasteiger partial charge on any atom is 0.213 e. The topological polar surface area (TPSA) is 68.4 Å². The molecule has 2 fully saturated rings. The molecule has 0 spiro atoms. The van der Waals surface area contributed by atoms with Crippen LogP contribution in [-0.4, -0.2) is 52.6 Å². The van der Waals surface area contributed by atoms with Crippen molar-refractivity contribution in [2.75, 3.05) is 33.0 Å². The van der Waals surface area contributed by atoms with E-state index in [4.69, 9.17) is 10.5 Å². The minimum atomic E-state index is -0.999. The summed E-state index contributed by atoms with van der Waals surface area (Å²) >= 11 is 0. The molecule has 2 N–H and O–H groups in total. The van der Waals surface area contributed by atoms with Crippen molar-refractivity contribution in [3.63, 3.8) is 0 Å². The largest absolute Gasteiger partial charge is 0.478 e. The van der Waals surface area contributed by atoms with Crippen molar-refractivity contribution in [2.24, 2.45) is 17.6 Å². The maximum absolute atomic E-state index is 11.3. The van der Waals surface area contributed by atoms with Gasteiger partial charge in [0, 0.05) is 24.1 Å². The lowest BCUT2D eigenvalue weighted by Gasteiger charge is -2.30. The van der Waals surface area contributed by atoms with Crippen LogP contribution < -0.4 is 10.5 Å². The molecular weight excluding hydrogens is 310 g/mol. The molecule has 6 heteroatoms. The lowest BCUT2D eigenvalue weighted by Crippen LogP contribution is -2.35. The van der Waals surface area contributed by atoms with Crippen molar-refractivity contribution < 1.29 is 8.95 Å². The minimum Gasteiger partial charge on any atom is -0.478 e. The van der Waals surface area contributed by atoms with Crippen LogP contribution in [0.5, 0.6) is 5.88 Å². The van der Waals surface area contributed by atoms with Gasteiger partial charge in [-0.3, -0.25) is 4.21 Å². The van der Waals surface area contributed by atoms with Crippen LogP contribution in [0.1, 0.15) is 25.7 Å². The Labute approximate surface area is 141 Å². The Balaban J connectivity index is 1.43. The SMILES string of the molecule is CN1CCC(C2CC2(N)CCOc2ccc(S(C)=O)cn2)CC1. The average Bonchev–Trinajstić information content (AvgIpc) is 3.20. The van der Waals surface area contributed by atoms with Crippen molar-refractivity contribution in [1.29, 1.82) is 0 Å². The van der Waals surface area contributed by atoms with Crippen molar-refractivity contribution >= 4 is 10.8 Å². The number of piperidine rings is 1. The molecule has 0 bridgehead atoms. The van der Waals surface area contributed by atoms with Crippen LogP contribution >= 0.6 is 0 Å². The Kier molecular flexibility index (Phi) is 5.04. The standard InChI is InChI=1S/C17H27N3O2S/c1-20-8-5-13(6-9-20)15-11-17(15,18)7-10-22-16-4-3-14(12-19-16)23(2)21/h3-4,12-13,15H,5-11,18H2,1-2H3. The molecule has 1 aromatic heterocycles. The number of hydrogen-bond donors (Lipinski definition) is 1. The minimum absolute atomic E-state index is 0.0363. The van der Waals surface area contributed by atoms with E-state index in [1.54, 1.807) is 24.6 Å². The molecule has 3 rings (SSSR count). The summed E-state index contributed by atoms with van der Waals surface area (Å²) in [6, 6.07) is 3.58. The third kappa shape index (κ3) is 4.11. The smallest absolute Gasteiger partial charge is 0.213 e. The zero-order valence-corrected chi connectivity index (χ0v) is 14.8. The highest BCUT2D eigenvalue weighted by molar-refractivity contribution is 7.84. The molecule has 2 heterocycles. The van der Waals surface area contributed by atoms with Crippen LogP contribution in [-0.2, 0) is 10.8 Å². The van der Waals surface area contributed by atoms with Gasteiger partial charge in [-0.25, -0.2) is 4.98 Å². The molecule has 0 aromatic carbocycles. The molecule has 3 unspecified atom stereocenters. The van der Waals surface area contributed by atoms with Gasteiger partial charge in [-0.2, -0.15) is 0 Å². The molecule has 1 aromatic rings. The van der Waals surface area contributed by atoms with Gasteiger partial charge in [0.15, 0.2) is 0 Å². The highest BCUT2D eigenvalue weighted by Gasteiger charge is 2.54. The number of nitrogens with zero attached hydrogens (tertiary/aromatic N) is 2. The van der Waals surface area contributed by atoms with E-state index >= 15 is 0 Å². The molecule has 5 nitrogen and oxygen atoms in total. The summed E-state index contributed by atoms with van der Waals surface area (Å²) < 4.78 is 17.0. The Hall–Kier alpha value is -0.980. The number of hydrogen-bond acceptors (Lipinski definition) is 5. The van der Waals surface area contributed by atoms with E-state index in [0.29, 0.717) is 18.4 Å². The first-order valence-corrected chi connectivity index (χ1v) is 9.93. The quantitative estimate of drug-likeness (QED) is 0.855. The fourth-order valence-electron chi connectivity index (χ4n) is 3.67. The molecule has 1 aliphatic heterocycles. The van der Waals surface area contributed by atoms with E-state index in [-0.39, 0.29) is 5.54 Å². The van der Waals surface area contributed by atoms with Crippen LogP contribution in [0.4, 0.5) is 0 Å². The molecule has 2 aliphatic rings. The van der Waals surface area contributed by atoms with Crippen molar-refractivity contribution in [3.8, 4) is 5.88 Å². The first kappa shape index (κ1) is 16.9. The molecular formula is C17H27N3O2S. The highest BCUT2D eigenvalue weighted by Crippen LogP contribution is 2.51. The van der Waals surface area contributed by atoms with Gasteiger partial charge in [-0.15, -0.1) is 0 Å². The number of aromatic nitrogens is 1. The number of likely N-dealkylation sites (tertiary alicyclic amines) is 1. The number of pyridine rings is 1. The molecule has 3 atom stereocenters. The molecule has 1 saturated heterocycles. The second kappa shape index (κ2) is 6.87. The number of nitrogens with two attached hydrogens (primary N) is 1. The number of rotatable bonds is 6. The summed E-state index contributed by atoms with van der Waals surface area (Å²) in [4.78, 5) is 7.32. The Morgan fingerprint density at radius 1 is 1.43 bits per heavy atom. The zero-order chi connectivity index (χ0) is 16.4.